The molecule has 1 aliphatic rings. The Balaban J connectivity index is 2.18. The molecule has 1 aliphatic heterocycles. The first-order chi connectivity index (χ1) is 9.36. The summed E-state index contributed by atoms with van der Waals surface area (Å²) < 4.78 is 0. The first-order valence-electron chi connectivity index (χ1n) is 6.39. The van der Waals surface area contributed by atoms with Gasteiger partial charge in [-0.25, -0.2) is 0 Å². The molecular formula is C13H16ClN3O3. The first kappa shape index (κ1) is 14.7. The zero-order chi connectivity index (χ0) is 14.9. The second-order valence-electron chi connectivity index (χ2n) is 5.33. The van der Waals surface area contributed by atoms with Crippen LogP contribution < -0.4 is 0 Å². The lowest BCUT2D eigenvalue weighted by atomic mass is 9.76. The molecule has 0 aromatic carbocycles. The fraction of sp³-hybridized carbons (Fsp3) is 0.538. The Bertz CT molecular complexity index is 532. The van der Waals surface area contributed by atoms with Gasteiger partial charge in [-0.2, -0.15) is 0 Å². The molecule has 1 fully saturated rings. The van der Waals surface area contributed by atoms with Crippen LogP contribution in [0.15, 0.2) is 12.1 Å². The van der Waals surface area contributed by atoms with E-state index in [-0.39, 0.29) is 29.2 Å². The molecule has 1 amide bonds. The van der Waals surface area contributed by atoms with Gasteiger partial charge in [0.25, 0.3) is 5.91 Å². The van der Waals surface area contributed by atoms with Crippen molar-refractivity contribution in [3.05, 3.63) is 23.0 Å². The summed E-state index contributed by atoms with van der Waals surface area (Å²) in [6.45, 7) is 4.34. The molecule has 7 heteroatoms. The Morgan fingerprint density at radius 3 is 2.55 bits per heavy atom. The number of hydrogen-bond donors (Lipinski definition) is 1. The number of aliphatic carboxylic acids is 1. The summed E-state index contributed by atoms with van der Waals surface area (Å²) in [5.74, 6) is -1.21. The third-order valence-corrected chi connectivity index (χ3v) is 4.17. The van der Waals surface area contributed by atoms with E-state index >= 15 is 0 Å². The topological polar surface area (TPSA) is 83.4 Å². The van der Waals surface area contributed by atoms with Gasteiger partial charge in [-0.1, -0.05) is 25.4 Å². The molecule has 1 unspecified atom stereocenters. The highest BCUT2D eigenvalue weighted by Gasteiger charge is 2.48. The minimum absolute atomic E-state index is 0.0471. The Morgan fingerprint density at radius 1 is 1.40 bits per heavy atom. The van der Waals surface area contributed by atoms with Crippen LogP contribution in [-0.4, -0.2) is 45.2 Å². The van der Waals surface area contributed by atoms with Crippen molar-refractivity contribution in [3.63, 3.8) is 0 Å². The van der Waals surface area contributed by atoms with Crippen LogP contribution in [0.2, 0.25) is 5.15 Å². The lowest BCUT2D eigenvalue weighted by molar-refractivity contribution is -0.150. The summed E-state index contributed by atoms with van der Waals surface area (Å²) in [5, 5.41) is 17.0. The standard InChI is InChI=1S/C13H16ClN3O3/c1-8(2)13(12(19)20)5-6-17(7-13)11(18)9-3-4-10(14)16-15-9/h3-4,8H,5-7H2,1-2H3,(H,19,20). The van der Waals surface area contributed by atoms with E-state index in [9.17, 15) is 14.7 Å². The lowest BCUT2D eigenvalue weighted by Gasteiger charge is -2.28. The van der Waals surface area contributed by atoms with E-state index in [0.717, 1.165) is 0 Å². The molecule has 2 heterocycles. The number of carboxylic acid groups (broad SMARTS) is 1. The monoisotopic (exact) mass is 297 g/mol. The Kier molecular flexibility index (Phi) is 3.94. The van der Waals surface area contributed by atoms with Gasteiger partial charge in [-0.15, -0.1) is 10.2 Å². The van der Waals surface area contributed by atoms with Crippen molar-refractivity contribution in [2.75, 3.05) is 13.1 Å². The Labute approximate surface area is 121 Å². The highest BCUT2D eigenvalue weighted by atomic mass is 35.5. The summed E-state index contributed by atoms with van der Waals surface area (Å²) in [7, 11) is 0. The largest absolute Gasteiger partial charge is 0.481 e. The average molecular weight is 298 g/mol. The van der Waals surface area contributed by atoms with Gasteiger partial charge in [0.05, 0.1) is 5.41 Å². The zero-order valence-electron chi connectivity index (χ0n) is 11.3. The van der Waals surface area contributed by atoms with Crippen LogP contribution in [0.1, 0.15) is 30.8 Å². The molecule has 0 bridgehead atoms. The molecule has 2 rings (SSSR count). The molecule has 0 saturated carbocycles. The van der Waals surface area contributed by atoms with Crippen LogP contribution in [0.5, 0.6) is 0 Å². The number of halogens is 1. The summed E-state index contributed by atoms with van der Waals surface area (Å²) in [6.07, 6.45) is 0.451. The fourth-order valence-corrected chi connectivity index (χ4v) is 2.59. The molecule has 20 heavy (non-hydrogen) atoms. The maximum Gasteiger partial charge on any atom is 0.311 e. The van der Waals surface area contributed by atoms with E-state index in [0.29, 0.717) is 13.0 Å². The van der Waals surface area contributed by atoms with E-state index in [1.165, 1.54) is 17.0 Å². The van der Waals surface area contributed by atoms with Crippen LogP contribution >= 0.6 is 11.6 Å². The maximum atomic E-state index is 12.3. The van der Waals surface area contributed by atoms with Crippen molar-refractivity contribution >= 4 is 23.5 Å². The molecule has 1 N–H and O–H groups in total. The minimum atomic E-state index is -0.879. The number of amides is 1. The Morgan fingerprint density at radius 2 is 2.10 bits per heavy atom. The molecular weight excluding hydrogens is 282 g/mol. The number of likely N-dealkylation sites (tertiary alicyclic amines) is 1. The minimum Gasteiger partial charge on any atom is -0.481 e. The van der Waals surface area contributed by atoms with Crippen LogP contribution in [-0.2, 0) is 4.79 Å². The molecule has 108 valence electrons. The second kappa shape index (κ2) is 5.36. The second-order valence-corrected chi connectivity index (χ2v) is 5.72. The van der Waals surface area contributed by atoms with Crippen LogP contribution in [0.25, 0.3) is 0 Å². The average Bonchev–Trinajstić information content (AvgIpc) is 2.85. The molecule has 0 aliphatic carbocycles. The summed E-state index contributed by atoms with van der Waals surface area (Å²) in [4.78, 5) is 25.3. The van der Waals surface area contributed by atoms with Crippen molar-refractivity contribution in [1.29, 1.82) is 0 Å². The van der Waals surface area contributed by atoms with Gasteiger partial charge in [0.15, 0.2) is 10.8 Å². The summed E-state index contributed by atoms with van der Waals surface area (Å²) >= 11 is 5.63. The van der Waals surface area contributed by atoms with Gasteiger partial charge in [-0.3, -0.25) is 9.59 Å². The molecule has 1 saturated heterocycles. The number of carbonyl (C=O) groups excluding carboxylic acids is 1. The van der Waals surface area contributed by atoms with Crippen molar-refractivity contribution in [3.8, 4) is 0 Å². The highest BCUT2D eigenvalue weighted by Crippen LogP contribution is 2.38. The number of rotatable bonds is 3. The first-order valence-corrected chi connectivity index (χ1v) is 6.76. The van der Waals surface area contributed by atoms with Gasteiger partial charge in [0.1, 0.15) is 0 Å². The number of hydrogen-bond acceptors (Lipinski definition) is 4. The molecule has 0 spiro atoms. The van der Waals surface area contributed by atoms with Crippen molar-refractivity contribution in [2.24, 2.45) is 11.3 Å². The quantitative estimate of drug-likeness (QED) is 0.918. The molecule has 1 atom stereocenters. The highest BCUT2D eigenvalue weighted by molar-refractivity contribution is 6.29. The van der Waals surface area contributed by atoms with E-state index in [1.807, 2.05) is 13.8 Å². The lowest BCUT2D eigenvalue weighted by Crippen LogP contribution is -2.40. The Hall–Kier alpha value is -1.69. The number of aromatic nitrogens is 2. The predicted molar refractivity (Wildman–Crippen MR) is 72.5 cm³/mol. The van der Waals surface area contributed by atoms with Crippen LogP contribution in [0.4, 0.5) is 0 Å². The number of nitrogens with zero attached hydrogens (tertiary/aromatic N) is 3. The maximum absolute atomic E-state index is 12.3. The van der Waals surface area contributed by atoms with Gasteiger partial charge in [-0.05, 0) is 24.5 Å². The SMILES string of the molecule is CC(C)C1(C(=O)O)CCN(C(=O)c2ccc(Cl)nn2)C1. The molecule has 1 aromatic heterocycles. The summed E-state index contributed by atoms with van der Waals surface area (Å²) in [6, 6.07) is 2.98. The van der Waals surface area contributed by atoms with Gasteiger partial charge < -0.3 is 10.0 Å². The van der Waals surface area contributed by atoms with E-state index in [1.54, 1.807) is 0 Å². The third-order valence-electron chi connectivity index (χ3n) is 3.97. The van der Waals surface area contributed by atoms with Gasteiger partial charge in [0.2, 0.25) is 0 Å². The van der Waals surface area contributed by atoms with Crippen LogP contribution in [0.3, 0.4) is 0 Å². The van der Waals surface area contributed by atoms with E-state index < -0.39 is 11.4 Å². The van der Waals surface area contributed by atoms with E-state index in [2.05, 4.69) is 10.2 Å². The fourth-order valence-electron chi connectivity index (χ4n) is 2.49. The smallest absolute Gasteiger partial charge is 0.311 e. The van der Waals surface area contributed by atoms with Gasteiger partial charge in [0, 0.05) is 13.1 Å². The molecule has 6 nitrogen and oxygen atoms in total. The molecule has 0 radical (unpaired) electrons. The van der Waals surface area contributed by atoms with Crippen molar-refractivity contribution in [1.82, 2.24) is 15.1 Å². The predicted octanol–water partition coefficient (Wildman–Crippen LogP) is 1.70. The van der Waals surface area contributed by atoms with Gasteiger partial charge >= 0.3 is 5.97 Å². The summed E-state index contributed by atoms with van der Waals surface area (Å²) in [5.41, 5.74) is -0.700. The third kappa shape index (κ3) is 2.47. The van der Waals surface area contributed by atoms with Crippen LogP contribution in [0, 0.1) is 11.3 Å². The number of carboxylic acids is 1. The van der Waals surface area contributed by atoms with Crippen molar-refractivity contribution < 1.29 is 14.7 Å². The number of carbonyl (C=O) groups is 2. The molecule has 1 aromatic rings. The van der Waals surface area contributed by atoms with Crippen molar-refractivity contribution in [2.45, 2.75) is 20.3 Å². The normalized spacial score (nSPS) is 22.3. The van der Waals surface area contributed by atoms with E-state index in [4.69, 9.17) is 11.6 Å². The zero-order valence-corrected chi connectivity index (χ0v) is 12.1.